The molecule has 2 aromatic rings. The van der Waals surface area contributed by atoms with E-state index < -0.39 is 0 Å². The van der Waals surface area contributed by atoms with Crippen LogP contribution < -0.4 is 10.6 Å². The number of aliphatic hydroxyl groups is 1. The maximum atomic E-state index is 11.9. The summed E-state index contributed by atoms with van der Waals surface area (Å²) in [5.74, 6) is 0. The molecule has 0 radical (unpaired) electrons. The summed E-state index contributed by atoms with van der Waals surface area (Å²) in [5.41, 5.74) is 1.33. The largest absolute Gasteiger partial charge is 0.396 e. The fourth-order valence-electron chi connectivity index (χ4n) is 2.07. The first kappa shape index (κ1) is 16.3. The van der Waals surface area contributed by atoms with Crippen molar-refractivity contribution in [3.8, 4) is 5.69 Å². The van der Waals surface area contributed by atoms with Gasteiger partial charge in [0.1, 0.15) is 0 Å². The molecule has 118 valence electrons. The molecule has 2 amide bonds. The van der Waals surface area contributed by atoms with Gasteiger partial charge in [0, 0.05) is 30.7 Å². The van der Waals surface area contributed by atoms with Gasteiger partial charge in [0.25, 0.3) is 0 Å². The van der Waals surface area contributed by atoms with Crippen LogP contribution in [0.2, 0.25) is 5.02 Å². The fraction of sp³-hybridized carbons (Fsp3) is 0.333. The number of hydrogen-bond acceptors (Lipinski definition) is 3. The third-order valence-corrected chi connectivity index (χ3v) is 3.57. The normalized spacial score (nSPS) is 12.0. The molecule has 0 aliphatic rings. The van der Waals surface area contributed by atoms with Crippen LogP contribution >= 0.6 is 11.6 Å². The second-order valence-corrected chi connectivity index (χ2v) is 5.24. The number of aromatic nitrogens is 2. The molecule has 0 saturated heterocycles. The topological polar surface area (TPSA) is 79.2 Å². The Hall–Kier alpha value is -2.05. The van der Waals surface area contributed by atoms with Gasteiger partial charge in [0.15, 0.2) is 0 Å². The number of urea groups is 1. The monoisotopic (exact) mass is 322 g/mol. The summed E-state index contributed by atoms with van der Waals surface area (Å²) in [5, 5.41) is 19.1. The minimum atomic E-state index is -0.316. The van der Waals surface area contributed by atoms with Crippen LogP contribution in [0, 0.1) is 0 Å². The van der Waals surface area contributed by atoms with E-state index in [1.807, 2.05) is 13.0 Å². The first-order valence-electron chi connectivity index (χ1n) is 7.12. The van der Waals surface area contributed by atoms with Crippen LogP contribution in [0.3, 0.4) is 0 Å². The summed E-state index contributed by atoms with van der Waals surface area (Å²) in [6.07, 6.45) is 4.75. The third-order valence-electron chi connectivity index (χ3n) is 3.26. The molecule has 0 spiro atoms. The van der Waals surface area contributed by atoms with Crippen molar-refractivity contribution in [2.75, 3.05) is 11.9 Å². The van der Waals surface area contributed by atoms with Gasteiger partial charge in [-0.3, -0.25) is 0 Å². The van der Waals surface area contributed by atoms with Crippen LogP contribution in [0.1, 0.15) is 19.8 Å². The number of benzene rings is 1. The van der Waals surface area contributed by atoms with E-state index in [1.54, 1.807) is 35.3 Å². The minimum absolute atomic E-state index is 0.0448. The number of rotatable bonds is 6. The summed E-state index contributed by atoms with van der Waals surface area (Å²) in [7, 11) is 0. The molecular weight excluding hydrogens is 304 g/mol. The molecule has 7 heteroatoms. The summed E-state index contributed by atoms with van der Waals surface area (Å²) < 4.78 is 1.65. The Morgan fingerprint density at radius 2 is 2.32 bits per heavy atom. The molecule has 1 atom stereocenters. The van der Waals surface area contributed by atoms with Crippen molar-refractivity contribution < 1.29 is 9.90 Å². The van der Waals surface area contributed by atoms with Gasteiger partial charge < -0.3 is 15.7 Å². The van der Waals surface area contributed by atoms with Crippen LogP contribution in [-0.4, -0.2) is 33.6 Å². The number of carbonyl (C=O) groups is 1. The van der Waals surface area contributed by atoms with E-state index in [2.05, 4.69) is 15.7 Å². The summed E-state index contributed by atoms with van der Waals surface area (Å²) in [4.78, 5) is 11.9. The zero-order valence-electron chi connectivity index (χ0n) is 12.3. The van der Waals surface area contributed by atoms with Crippen molar-refractivity contribution in [1.29, 1.82) is 0 Å². The Morgan fingerprint density at radius 3 is 2.91 bits per heavy atom. The number of carbonyl (C=O) groups excluding carboxylic acids is 1. The van der Waals surface area contributed by atoms with Crippen molar-refractivity contribution in [2.24, 2.45) is 0 Å². The Bertz CT molecular complexity index is 616. The van der Waals surface area contributed by atoms with Gasteiger partial charge >= 0.3 is 6.03 Å². The first-order chi connectivity index (χ1) is 10.6. The van der Waals surface area contributed by atoms with Gasteiger partial charge in [-0.15, -0.1) is 0 Å². The zero-order chi connectivity index (χ0) is 15.9. The van der Waals surface area contributed by atoms with Crippen LogP contribution in [0.5, 0.6) is 0 Å². The predicted octanol–water partition coefficient (Wildman–Crippen LogP) is 2.81. The van der Waals surface area contributed by atoms with E-state index in [4.69, 9.17) is 16.7 Å². The van der Waals surface area contributed by atoms with Gasteiger partial charge in [-0.2, -0.15) is 5.10 Å². The van der Waals surface area contributed by atoms with Gasteiger partial charge in [-0.25, -0.2) is 9.48 Å². The molecule has 1 aromatic carbocycles. The minimum Gasteiger partial charge on any atom is -0.396 e. The Balaban J connectivity index is 2.01. The lowest BCUT2D eigenvalue weighted by Crippen LogP contribution is -2.38. The van der Waals surface area contributed by atoms with E-state index in [1.165, 1.54) is 0 Å². The van der Waals surface area contributed by atoms with Crippen LogP contribution in [0.25, 0.3) is 5.69 Å². The van der Waals surface area contributed by atoms with E-state index in [0.717, 1.165) is 12.1 Å². The standard InChI is InChI=1S/C15H19ClN4O2/c1-2-11(6-9-21)18-15(22)19-12-4-5-14(13(16)10-12)20-8-3-7-17-20/h3-5,7-8,10-11,21H,2,6,9H2,1H3,(H2,18,19,22). The van der Waals surface area contributed by atoms with Gasteiger partial charge in [0.05, 0.1) is 10.7 Å². The first-order valence-corrected chi connectivity index (χ1v) is 7.49. The lowest BCUT2D eigenvalue weighted by atomic mass is 10.2. The molecule has 1 heterocycles. The van der Waals surface area contributed by atoms with E-state index >= 15 is 0 Å². The van der Waals surface area contributed by atoms with E-state index in [0.29, 0.717) is 17.1 Å². The molecule has 1 aromatic heterocycles. The van der Waals surface area contributed by atoms with Gasteiger partial charge in [0.2, 0.25) is 0 Å². The fourth-order valence-corrected chi connectivity index (χ4v) is 2.34. The van der Waals surface area contributed by atoms with Gasteiger partial charge in [-0.05, 0) is 37.1 Å². The van der Waals surface area contributed by atoms with Crippen molar-refractivity contribution >= 4 is 23.3 Å². The third kappa shape index (κ3) is 4.22. The SMILES string of the molecule is CCC(CCO)NC(=O)Nc1ccc(-n2cccn2)c(Cl)c1. The molecular formula is C15H19ClN4O2. The number of nitrogens with one attached hydrogen (secondary N) is 2. The van der Waals surface area contributed by atoms with E-state index in [-0.39, 0.29) is 18.7 Å². The Kier molecular flexibility index (Phi) is 5.80. The summed E-state index contributed by atoms with van der Waals surface area (Å²) in [6, 6.07) is 6.66. The lowest BCUT2D eigenvalue weighted by Gasteiger charge is -2.16. The number of halogens is 1. The Morgan fingerprint density at radius 1 is 1.50 bits per heavy atom. The highest BCUT2D eigenvalue weighted by Crippen LogP contribution is 2.23. The number of nitrogens with zero attached hydrogens (tertiary/aromatic N) is 2. The molecule has 22 heavy (non-hydrogen) atoms. The predicted molar refractivity (Wildman–Crippen MR) is 86.5 cm³/mol. The second kappa shape index (κ2) is 7.82. The summed E-state index contributed by atoms with van der Waals surface area (Å²) >= 11 is 6.22. The highest BCUT2D eigenvalue weighted by molar-refractivity contribution is 6.32. The van der Waals surface area contributed by atoms with Crippen LogP contribution in [-0.2, 0) is 0 Å². The molecule has 0 fully saturated rings. The maximum Gasteiger partial charge on any atom is 0.319 e. The molecule has 0 aliphatic carbocycles. The van der Waals surface area contributed by atoms with Gasteiger partial charge in [-0.1, -0.05) is 18.5 Å². The quantitative estimate of drug-likeness (QED) is 0.765. The average Bonchev–Trinajstić information content (AvgIpc) is 3.00. The molecule has 1 unspecified atom stereocenters. The molecule has 3 N–H and O–H groups in total. The smallest absolute Gasteiger partial charge is 0.319 e. The van der Waals surface area contributed by atoms with E-state index in [9.17, 15) is 4.79 Å². The number of amides is 2. The number of anilines is 1. The van der Waals surface area contributed by atoms with Crippen molar-refractivity contribution in [3.63, 3.8) is 0 Å². The molecule has 2 rings (SSSR count). The summed E-state index contributed by atoms with van der Waals surface area (Å²) in [6.45, 7) is 2.00. The average molecular weight is 323 g/mol. The number of aliphatic hydroxyl groups excluding tert-OH is 1. The molecule has 0 aliphatic heterocycles. The second-order valence-electron chi connectivity index (χ2n) is 4.83. The zero-order valence-corrected chi connectivity index (χ0v) is 13.0. The maximum absolute atomic E-state index is 11.9. The van der Waals surface area contributed by atoms with Crippen LogP contribution in [0.15, 0.2) is 36.7 Å². The molecule has 0 bridgehead atoms. The van der Waals surface area contributed by atoms with Crippen molar-refractivity contribution in [2.45, 2.75) is 25.8 Å². The number of hydrogen-bond donors (Lipinski definition) is 3. The molecule has 0 saturated carbocycles. The highest BCUT2D eigenvalue weighted by Gasteiger charge is 2.11. The van der Waals surface area contributed by atoms with Crippen LogP contribution in [0.4, 0.5) is 10.5 Å². The lowest BCUT2D eigenvalue weighted by molar-refractivity contribution is 0.237. The highest BCUT2D eigenvalue weighted by atomic mass is 35.5. The Labute approximate surface area is 134 Å². The van der Waals surface area contributed by atoms with Crippen molar-refractivity contribution in [3.05, 3.63) is 41.7 Å². The molecule has 6 nitrogen and oxygen atoms in total. The van der Waals surface area contributed by atoms with Crippen molar-refractivity contribution in [1.82, 2.24) is 15.1 Å².